The van der Waals surface area contributed by atoms with E-state index in [0.717, 1.165) is 24.9 Å². The van der Waals surface area contributed by atoms with Crippen molar-refractivity contribution in [1.82, 2.24) is 0 Å². The van der Waals surface area contributed by atoms with E-state index in [9.17, 15) is 4.79 Å². The van der Waals surface area contributed by atoms with Crippen LogP contribution in [-0.4, -0.2) is 30.8 Å². The summed E-state index contributed by atoms with van der Waals surface area (Å²) in [5.41, 5.74) is 3.45. The van der Waals surface area contributed by atoms with E-state index in [4.69, 9.17) is 14.6 Å². The Balaban J connectivity index is 1.43. The minimum atomic E-state index is -0.996. The van der Waals surface area contributed by atoms with Gasteiger partial charge in [0.1, 0.15) is 0 Å². The van der Waals surface area contributed by atoms with E-state index < -0.39 is 5.97 Å². The maximum absolute atomic E-state index is 10.8. The van der Waals surface area contributed by atoms with E-state index in [1.165, 1.54) is 11.4 Å². The number of carboxylic acids is 1. The van der Waals surface area contributed by atoms with Crippen LogP contribution < -0.4 is 14.4 Å². The average molecular weight is 403 g/mol. The van der Waals surface area contributed by atoms with E-state index in [2.05, 4.69) is 53.4 Å². The highest BCUT2D eigenvalue weighted by atomic mass is 16.5. The van der Waals surface area contributed by atoms with Crippen molar-refractivity contribution < 1.29 is 19.4 Å². The molecule has 0 fully saturated rings. The first-order chi connectivity index (χ1) is 14.7. The van der Waals surface area contributed by atoms with Crippen LogP contribution in [0.5, 0.6) is 11.5 Å². The molecule has 1 heterocycles. The second-order valence-electron chi connectivity index (χ2n) is 7.33. The maximum Gasteiger partial charge on any atom is 0.341 e. The summed E-state index contributed by atoms with van der Waals surface area (Å²) in [5, 5.41) is 8.86. The highest BCUT2D eigenvalue weighted by Crippen LogP contribution is 2.43. The molecule has 0 aromatic heterocycles. The maximum atomic E-state index is 10.8. The number of ether oxygens (including phenoxy) is 2. The van der Waals surface area contributed by atoms with Gasteiger partial charge in [0, 0.05) is 29.4 Å². The second-order valence-corrected chi connectivity index (χ2v) is 7.33. The fraction of sp³-hybridized carbons (Fsp3) is 0.240. The van der Waals surface area contributed by atoms with Crippen molar-refractivity contribution in [2.24, 2.45) is 0 Å². The van der Waals surface area contributed by atoms with E-state index in [-0.39, 0.29) is 12.5 Å². The van der Waals surface area contributed by atoms with Crippen LogP contribution in [0.2, 0.25) is 0 Å². The van der Waals surface area contributed by atoms with Gasteiger partial charge in [-0.1, -0.05) is 48.5 Å². The van der Waals surface area contributed by atoms with Crippen LogP contribution in [-0.2, 0) is 4.79 Å². The number of benzene rings is 3. The van der Waals surface area contributed by atoms with Crippen molar-refractivity contribution in [1.29, 1.82) is 0 Å². The molecule has 1 aliphatic rings. The summed E-state index contributed by atoms with van der Waals surface area (Å²) in [5.74, 6) is 0.477. The highest BCUT2D eigenvalue weighted by Gasteiger charge is 2.27. The number of hydrogen-bond acceptors (Lipinski definition) is 4. The number of rotatable bonds is 9. The van der Waals surface area contributed by atoms with Gasteiger partial charge in [-0.25, -0.2) is 4.79 Å². The Morgan fingerprint density at radius 2 is 1.63 bits per heavy atom. The zero-order valence-corrected chi connectivity index (χ0v) is 16.7. The Hall–Kier alpha value is -3.47. The minimum absolute atomic E-state index is 0.279. The molecule has 0 aliphatic carbocycles. The summed E-state index contributed by atoms with van der Waals surface area (Å²) in [7, 11) is 0. The lowest BCUT2D eigenvalue weighted by Crippen LogP contribution is -2.19. The van der Waals surface area contributed by atoms with Gasteiger partial charge in [0.2, 0.25) is 0 Å². The van der Waals surface area contributed by atoms with E-state index in [1.807, 2.05) is 24.3 Å². The quantitative estimate of drug-likeness (QED) is 0.529. The Bertz CT molecular complexity index is 935. The van der Waals surface area contributed by atoms with E-state index >= 15 is 0 Å². The van der Waals surface area contributed by atoms with Gasteiger partial charge in [-0.2, -0.15) is 0 Å². The fourth-order valence-electron chi connectivity index (χ4n) is 3.89. The van der Waals surface area contributed by atoms with Crippen LogP contribution in [0.3, 0.4) is 0 Å². The normalized spacial score (nSPS) is 14.6. The second kappa shape index (κ2) is 9.35. The lowest BCUT2D eigenvalue weighted by molar-refractivity contribution is -0.139. The third-order valence-corrected chi connectivity index (χ3v) is 5.30. The summed E-state index contributed by atoms with van der Waals surface area (Å²) in [6, 6.07) is 26.5. The van der Waals surface area contributed by atoms with Crippen molar-refractivity contribution in [3.8, 4) is 11.5 Å². The molecule has 3 aromatic carbocycles. The van der Waals surface area contributed by atoms with Crippen LogP contribution >= 0.6 is 0 Å². The molecule has 0 bridgehead atoms. The predicted molar refractivity (Wildman–Crippen MR) is 117 cm³/mol. The molecule has 154 valence electrons. The van der Waals surface area contributed by atoms with Crippen LogP contribution in [0.4, 0.5) is 11.4 Å². The zero-order valence-electron chi connectivity index (χ0n) is 16.7. The molecule has 30 heavy (non-hydrogen) atoms. The molecule has 5 heteroatoms. The molecule has 3 aromatic rings. The van der Waals surface area contributed by atoms with Gasteiger partial charge in [0.15, 0.2) is 18.1 Å². The average Bonchev–Trinajstić information content (AvgIpc) is 3.20. The molecular formula is C25H25NO4. The van der Waals surface area contributed by atoms with Gasteiger partial charge in [-0.3, -0.25) is 0 Å². The van der Waals surface area contributed by atoms with E-state index in [1.54, 1.807) is 6.07 Å². The van der Waals surface area contributed by atoms with Crippen molar-refractivity contribution in [2.75, 3.05) is 24.7 Å². The molecule has 1 aliphatic heterocycles. The number of nitrogens with zero attached hydrogens (tertiary/aromatic N) is 1. The SMILES string of the molecule is O=C(O)COc1cccc2c1OCC2CCCN(c1ccccc1)c1ccccc1. The van der Waals surface area contributed by atoms with Crippen LogP contribution in [0.1, 0.15) is 24.3 Å². The number of aliphatic carboxylic acids is 1. The van der Waals surface area contributed by atoms with Gasteiger partial charge < -0.3 is 19.5 Å². The molecular weight excluding hydrogens is 378 g/mol. The zero-order chi connectivity index (χ0) is 20.8. The topological polar surface area (TPSA) is 59.0 Å². The van der Waals surface area contributed by atoms with Gasteiger partial charge in [-0.15, -0.1) is 0 Å². The lowest BCUT2D eigenvalue weighted by Gasteiger charge is -2.25. The van der Waals surface area contributed by atoms with Crippen LogP contribution in [0.25, 0.3) is 0 Å². The molecule has 4 rings (SSSR count). The van der Waals surface area contributed by atoms with Gasteiger partial charge in [0.25, 0.3) is 0 Å². The van der Waals surface area contributed by atoms with E-state index in [0.29, 0.717) is 18.1 Å². The number of para-hydroxylation sites is 3. The molecule has 1 atom stereocenters. The molecule has 0 saturated heterocycles. The Morgan fingerprint density at radius 3 is 2.27 bits per heavy atom. The van der Waals surface area contributed by atoms with Crippen LogP contribution in [0.15, 0.2) is 78.9 Å². The lowest BCUT2D eigenvalue weighted by atomic mass is 9.96. The summed E-state index contributed by atoms with van der Waals surface area (Å²) < 4.78 is 11.3. The van der Waals surface area contributed by atoms with Crippen molar-refractivity contribution in [3.63, 3.8) is 0 Å². The minimum Gasteiger partial charge on any atom is -0.489 e. The summed E-state index contributed by atoms with van der Waals surface area (Å²) in [4.78, 5) is 13.1. The molecule has 0 radical (unpaired) electrons. The molecule has 1 N–H and O–H groups in total. The van der Waals surface area contributed by atoms with Crippen molar-refractivity contribution in [2.45, 2.75) is 18.8 Å². The standard InChI is InChI=1S/C25H25NO4/c27-24(28)18-29-23-15-7-14-22-19(17-30-25(22)23)9-8-16-26(20-10-3-1-4-11-20)21-12-5-2-6-13-21/h1-7,10-15,19H,8-9,16-18H2,(H,27,28). The molecule has 0 saturated carbocycles. The first kappa shape index (κ1) is 19.8. The van der Waals surface area contributed by atoms with Gasteiger partial charge >= 0.3 is 5.97 Å². The Kier molecular flexibility index (Phi) is 6.18. The van der Waals surface area contributed by atoms with Crippen molar-refractivity contribution in [3.05, 3.63) is 84.4 Å². The number of carbonyl (C=O) groups is 1. The number of hydrogen-bond donors (Lipinski definition) is 1. The smallest absolute Gasteiger partial charge is 0.341 e. The Labute approximate surface area is 176 Å². The van der Waals surface area contributed by atoms with Crippen LogP contribution in [0, 0.1) is 0 Å². The Morgan fingerprint density at radius 1 is 0.967 bits per heavy atom. The first-order valence-corrected chi connectivity index (χ1v) is 10.2. The first-order valence-electron chi connectivity index (χ1n) is 10.2. The monoisotopic (exact) mass is 403 g/mol. The number of carboxylic acid groups (broad SMARTS) is 1. The molecule has 1 unspecified atom stereocenters. The predicted octanol–water partition coefficient (Wildman–Crippen LogP) is 5.24. The van der Waals surface area contributed by atoms with Crippen molar-refractivity contribution >= 4 is 17.3 Å². The number of fused-ring (bicyclic) bond motifs is 1. The molecule has 5 nitrogen and oxygen atoms in total. The number of anilines is 2. The molecule has 0 spiro atoms. The summed E-state index contributed by atoms with van der Waals surface area (Å²) >= 11 is 0. The molecule has 0 amide bonds. The van der Waals surface area contributed by atoms with Gasteiger partial charge in [0.05, 0.1) is 6.61 Å². The third kappa shape index (κ3) is 4.57. The highest BCUT2D eigenvalue weighted by molar-refractivity contribution is 5.69. The fourth-order valence-corrected chi connectivity index (χ4v) is 3.89. The summed E-state index contributed by atoms with van der Waals surface area (Å²) in [6.45, 7) is 1.13. The summed E-state index contributed by atoms with van der Waals surface area (Å²) in [6.07, 6.45) is 1.98. The third-order valence-electron chi connectivity index (χ3n) is 5.30. The largest absolute Gasteiger partial charge is 0.489 e. The van der Waals surface area contributed by atoms with Gasteiger partial charge in [-0.05, 0) is 43.2 Å².